The van der Waals surface area contributed by atoms with Crippen molar-refractivity contribution in [2.75, 3.05) is 42.6 Å². The van der Waals surface area contributed by atoms with E-state index in [0.717, 1.165) is 30.4 Å². The van der Waals surface area contributed by atoms with Gasteiger partial charge in [0.05, 0.1) is 29.0 Å². The highest BCUT2D eigenvalue weighted by atomic mass is 19.1. The average Bonchev–Trinajstić information content (AvgIpc) is 3.15. The second-order valence-electron chi connectivity index (χ2n) is 8.53. The number of nitrogen functional groups attached to an aromatic ring is 1. The molecular weight excluding hydrogens is 413 g/mol. The maximum atomic E-state index is 14.4. The highest BCUT2D eigenvalue weighted by Crippen LogP contribution is 2.58. The van der Waals surface area contributed by atoms with E-state index >= 15 is 0 Å². The van der Waals surface area contributed by atoms with Crippen molar-refractivity contribution in [2.45, 2.75) is 6.42 Å². The van der Waals surface area contributed by atoms with Crippen LogP contribution in [0.4, 0.5) is 21.8 Å². The Kier molecular flexibility index (Phi) is 3.94. The first-order valence-corrected chi connectivity index (χ1v) is 10.4. The largest absolute Gasteiger partial charge is 0.421 e. The Hall–Kier alpha value is -3.73. The van der Waals surface area contributed by atoms with Crippen LogP contribution >= 0.6 is 0 Å². The molecule has 6 rings (SSSR count). The van der Waals surface area contributed by atoms with Gasteiger partial charge in [0.2, 0.25) is 5.95 Å². The summed E-state index contributed by atoms with van der Waals surface area (Å²) in [6.07, 6.45) is 4.06. The van der Waals surface area contributed by atoms with Crippen molar-refractivity contribution in [3.63, 3.8) is 0 Å². The third-order valence-electron chi connectivity index (χ3n) is 6.62. The predicted molar refractivity (Wildman–Crippen MR) is 119 cm³/mol. The van der Waals surface area contributed by atoms with E-state index in [9.17, 15) is 4.39 Å². The predicted octanol–water partition coefficient (Wildman–Crippen LogP) is 2.24. The van der Waals surface area contributed by atoms with Crippen LogP contribution < -0.4 is 26.4 Å². The monoisotopic (exact) mass is 435 g/mol. The Morgan fingerprint density at radius 3 is 2.84 bits per heavy atom. The van der Waals surface area contributed by atoms with E-state index in [4.69, 9.17) is 21.2 Å². The summed E-state index contributed by atoms with van der Waals surface area (Å²) in [5.41, 5.74) is 13.7. The molecule has 11 heteroatoms. The Morgan fingerprint density at radius 2 is 2.12 bits per heavy atom. The van der Waals surface area contributed by atoms with E-state index in [1.165, 1.54) is 24.5 Å². The van der Waals surface area contributed by atoms with Crippen LogP contribution in [0.3, 0.4) is 0 Å². The van der Waals surface area contributed by atoms with Crippen molar-refractivity contribution in [2.24, 2.45) is 17.1 Å². The molecule has 1 aromatic carbocycles. The third-order valence-corrected chi connectivity index (χ3v) is 6.62. The number of halogens is 1. The topological polar surface area (TPSA) is 144 Å². The first kappa shape index (κ1) is 19.0. The molecule has 2 fully saturated rings. The SMILES string of the molecule is CNc1cc(F)cc2c1[nH]c1nc(Oc3cnc(N)nc3)nc(N3CC4CC4(CN)C3)c12. The van der Waals surface area contributed by atoms with Crippen LogP contribution in [0.1, 0.15) is 6.42 Å². The Labute approximate surface area is 182 Å². The molecule has 2 unspecified atom stereocenters. The fraction of sp³-hybridized carbons (Fsp3) is 0.333. The van der Waals surface area contributed by atoms with Crippen molar-refractivity contribution < 1.29 is 9.13 Å². The van der Waals surface area contributed by atoms with Gasteiger partial charge in [0.1, 0.15) is 17.3 Å². The molecule has 10 nitrogen and oxygen atoms in total. The highest BCUT2D eigenvalue weighted by Gasteiger charge is 2.59. The van der Waals surface area contributed by atoms with Gasteiger partial charge in [-0.2, -0.15) is 9.97 Å². The van der Waals surface area contributed by atoms with Gasteiger partial charge in [0.15, 0.2) is 5.75 Å². The molecule has 0 radical (unpaired) electrons. The summed E-state index contributed by atoms with van der Waals surface area (Å²) in [6.45, 7) is 2.28. The summed E-state index contributed by atoms with van der Waals surface area (Å²) in [6, 6.07) is 3.09. The minimum absolute atomic E-state index is 0.136. The Morgan fingerprint density at radius 1 is 1.31 bits per heavy atom. The van der Waals surface area contributed by atoms with Gasteiger partial charge >= 0.3 is 6.01 Å². The number of nitrogens with zero attached hydrogens (tertiary/aromatic N) is 5. The van der Waals surface area contributed by atoms with Gasteiger partial charge in [-0.15, -0.1) is 0 Å². The quantitative estimate of drug-likeness (QED) is 0.371. The number of fused-ring (bicyclic) bond motifs is 4. The van der Waals surface area contributed by atoms with Gasteiger partial charge in [0, 0.05) is 30.9 Å². The number of H-pyrrole nitrogens is 1. The van der Waals surface area contributed by atoms with Gasteiger partial charge in [-0.05, 0) is 31.0 Å². The molecule has 1 aliphatic carbocycles. The number of hydrogen-bond donors (Lipinski definition) is 4. The number of benzene rings is 1. The maximum absolute atomic E-state index is 14.4. The third kappa shape index (κ3) is 2.81. The van der Waals surface area contributed by atoms with Crippen molar-refractivity contribution >= 4 is 39.4 Å². The van der Waals surface area contributed by atoms with E-state index in [1.54, 1.807) is 7.05 Å². The first-order chi connectivity index (χ1) is 15.5. The van der Waals surface area contributed by atoms with Crippen LogP contribution in [0.25, 0.3) is 21.9 Å². The molecule has 32 heavy (non-hydrogen) atoms. The van der Waals surface area contributed by atoms with Crippen molar-refractivity contribution in [3.8, 4) is 11.8 Å². The normalized spacial score (nSPS) is 21.8. The zero-order valence-corrected chi connectivity index (χ0v) is 17.4. The molecule has 0 amide bonds. The van der Waals surface area contributed by atoms with Gasteiger partial charge in [-0.25, -0.2) is 14.4 Å². The Balaban J connectivity index is 1.53. The second kappa shape index (κ2) is 6.63. The van der Waals surface area contributed by atoms with Crippen LogP contribution in [-0.2, 0) is 0 Å². The molecule has 164 valence electrons. The lowest BCUT2D eigenvalue weighted by Gasteiger charge is -2.22. The lowest BCUT2D eigenvalue weighted by atomic mass is 10.1. The minimum atomic E-state index is -0.337. The number of rotatable bonds is 5. The fourth-order valence-corrected chi connectivity index (χ4v) is 4.85. The number of piperidine rings is 1. The number of aromatic amines is 1. The number of nitrogens with one attached hydrogen (secondary N) is 2. The maximum Gasteiger partial charge on any atom is 0.326 e. The summed E-state index contributed by atoms with van der Waals surface area (Å²) >= 11 is 0. The van der Waals surface area contributed by atoms with Gasteiger partial charge in [-0.1, -0.05) is 0 Å². The standard InChI is InChI=1S/C21H22FN9O/c1-25-14-3-11(22)2-13-15-17(28-16(13)14)29-20(32-12-5-26-19(24)27-6-12)30-18(15)31-7-10-4-21(10,8-23)9-31/h2-3,5-6,10,25H,4,7-9,23H2,1H3,(H2,24,26,27)(H,28,29,30). The summed E-state index contributed by atoms with van der Waals surface area (Å²) < 4.78 is 20.3. The smallest absolute Gasteiger partial charge is 0.326 e. The zero-order chi connectivity index (χ0) is 22.0. The molecule has 3 aromatic heterocycles. The molecule has 0 spiro atoms. The average molecular weight is 435 g/mol. The number of ether oxygens (including phenoxy) is 1. The molecule has 0 bridgehead atoms. The van der Waals surface area contributed by atoms with Crippen molar-refractivity contribution in [3.05, 3.63) is 30.3 Å². The summed E-state index contributed by atoms with van der Waals surface area (Å²) in [4.78, 5) is 22.7. The molecule has 1 saturated heterocycles. The minimum Gasteiger partial charge on any atom is -0.421 e. The molecule has 1 aliphatic heterocycles. The lowest BCUT2D eigenvalue weighted by molar-refractivity contribution is 0.439. The second-order valence-corrected chi connectivity index (χ2v) is 8.53. The summed E-state index contributed by atoms with van der Waals surface area (Å²) in [7, 11) is 1.75. The van der Waals surface area contributed by atoms with E-state index in [-0.39, 0.29) is 23.2 Å². The van der Waals surface area contributed by atoms with Gasteiger partial charge < -0.3 is 31.4 Å². The van der Waals surface area contributed by atoms with Crippen molar-refractivity contribution in [1.82, 2.24) is 24.9 Å². The lowest BCUT2D eigenvalue weighted by Crippen LogP contribution is -2.29. The van der Waals surface area contributed by atoms with E-state index in [1.807, 2.05) is 0 Å². The molecular formula is C21H22FN9O. The van der Waals surface area contributed by atoms with Gasteiger partial charge in [0.25, 0.3) is 0 Å². The van der Waals surface area contributed by atoms with E-state index < -0.39 is 0 Å². The van der Waals surface area contributed by atoms with Crippen LogP contribution in [0, 0.1) is 17.2 Å². The fourth-order valence-electron chi connectivity index (χ4n) is 4.85. The van der Waals surface area contributed by atoms with Crippen LogP contribution in [-0.4, -0.2) is 51.6 Å². The number of hydrogen-bond acceptors (Lipinski definition) is 9. The Bertz CT molecular complexity index is 1350. The number of aromatic nitrogens is 5. The van der Waals surface area contributed by atoms with Crippen LogP contribution in [0.2, 0.25) is 0 Å². The van der Waals surface area contributed by atoms with Gasteiger partial charge in [-0.3, -0.25) is 0 Å². The molecule has 2 aliphatic rings. The number of nitrogens with two attached hydrogens (primary N) is 2. The van der Waals surface area contributed by atoms with E-state index in [0.29, 0.717) is 40.8 Å². The summed E-state index contributed by atoms with van der Waals surface area (Å²) in [5.74, 6) is 1.42. The molecule has 1 saturated carbocycles. The van der Waals surface area contributed by atoms with E-state index in [2.05, 4.69) is 30.2 Å². The summed E-state index contributed by atoms with van der Waals surface area (Å²) in [5, 5.41) is 4.51. The zero-order valence-electron chi connectivity index (χ0n) is 17.4. The molecule has 4 heterocycles. The molecule has 6 N–H and O–H groups in total. The highest BCUT2D eigenvalue weighted by molar-refractivity contribution is 6.14. The van der Waals surface area contributed by atoms with Crippen LogP contribution in [0.5, 0.6) is 11.8 Å². The number of anilines is 3. The molecule has 4 aromatic rings. The first-order valence-electron chi connectivity index (χ1n) is 10.4. The van der Waals surface area contributed by atoms with Crippen LogP contribution in [0.15, 0.2) is 24.5 Å². The van der Waals surface area contributed by atoms with Crippen molar-refractivity contribution in [1.29, 1.82) is 0 Å². The molecule has 2 atom stereocenters.